The van der Waals surface area contributed by atoms with Gasteiger partial charge in [0.25, 0.3) is 0 Å². The number of rotatable bonds is 6. The third-order valence-corrected chi connectivity index (χ3v) is 4.43. The van der Waals surface area contributed by atoms with Crippen LogP contribution in [0.5, 0.6) is 0 Å². The van der Waals surface area contributed by atoms with Crippen molar-refractivity contribution in [1.29, 1.82) is 0 Å². The Morgan fingerprint density at radius 1 is 1.00 bits per heavy atom. The van der Waals surface area contributed by atoms with Crippen LogP contribution < -0.4 is 11.1 Å². The van der Waals surface area contributed by atoms with Gasteiger partial charge in [-0.15, -0.1) is 12.4 Å². The van der Waals surface area contributed by atoms with E-state index in [0.29, 0.717) is 39.3 Å². The Kier molecular flexibility index (Phi) is 7.60. The van der Waals surface area contributed by atoms with Gasteiger partial charge in [0.1, 0.15) is 5.54 Å². The maximum absolute atomic E-state index is 12.4. The van der Waals surface area contributed by atoms with Crippen molar-refractivity contribution >= 4 is 24.0 Å². The van der Waals surface area contributed by atoms with Crippen molar-refractivity contribution in [3.63, 3.8) is 0 Å². The standard InChI is InChI=1S/C20H24N2O3.ClH/c21-20(10-12-24-13-11-20)19(23)22-18-8-6-17(7-9-18)15-25-14-16-4-2-1-3-5-16;/h1-9H,10-15,21H2,(H,22,23);1H. The molecule has 2 aromatic carbocycles. The highest BCUT2D eigenvalue weighted by molar-refractivity contribution is 5.98. The fraction of sp³-hybridized carbons (Fsp3) is 0.350. The molecule has 3 rings (SSSR count). The second kappa shape index (κ2) is 9.69. The molecule has 5 nitrogen and oxygen atoms in total. The summed E-state index contributed by atoms with van der Waals surface area (Å²) in [5.74, 6) is -0.149. The number of nitrogens with two attached hydrogens (primary N) is 1. The average Bonchev–Trinajstić information content (AvgIpc) is 2.65. The molecule has 1 heterocycles. The molecule has 6 heteroatoms. The van der Waals surface area contributed by atoms with Gasteiger partial charge in [0.2, 0.25) is 5.91 Å². The van der Waals surface area contributed by atoms with Crippen molar-refractivity contribution < 1.29 is 14.3 Å². The molecule has 0 radical (unpaired) electrons. The lowest BCUT2D eigenvalue weighted by molar-refractivity contribution is -0.124. The molecule has 1 aliphatic heterocycles. The Balaban J connectivity index is 0.00000243. The van der Waals surface area contributed by atoms with Gasteiger partial charge in [-0.05, 0) is 36.1 Å². The summed E-state index contributed by atoms with van der Waals surface area (Å²) >= 11 is 0. The smallest absolute Gasteiger partial charge is 0.244 e. The number of ether oxygens (including phenoxy) is 2. The molecule has 1 amide bonds. The molecule has 0 aromatic heterocycles. The van der Waals surface area contributed by atoms with E-state index < -0.39 is 5.54 Å². The zero-order chi connectivity index (χ0) is 17.5. The first-order valence-corrected chi connectivity index (χ1v) is 8.54. The molecule has 140 valence electrons. The molecule has 2 aromatic rings. The lowest BCUT2D eigenvalue weighted by Crippen LogP contribution is -2.54. The van der Waals surface area contributed by atoms with E-state index >= 15 is 0 Å². The zero-order valence-corrected chi connectivity index (χ0v) is 15.5. The lowest BCUT2D eigenvalue weighted by atomic mass is 9.90. The molecule has 3 N–H and O–H groups in total. The van der Waals surface area contributed by atoms with Crippen LogP contribution in [0.15, 0.2) is 54.6 Å². The van der Waals surface area contributed by atoms with Gasteiger partial charge in [0, 0.05) is 18.9 Å². The van der Waals surface area contributed by atoms with Crippen LogP contribution in [0, 0.1) is 0 Å². The molecular formula is C20H25ClN2O3. The van der Waals surface area contributed by atoms with Gasteiger partial charge >= 0.3 is 0 Å². The summed E-state index contributed by atoms with van der Waals surface area (Å²) < 4.78 is 11.0. The zero-order valence-electron chi connectivity index (χ0n) is 14.6. The van der Waals surface area contributed by atoms with Gasteiger partial charge in [-0.2, -0.15) is 0 Å². The van der Waals surface area contributed by atoms with Crippen LogP contribution in [0.25, 0.3) is 0 Å². The van der Waals surface area contributed by atoms with Crippen molar-refractivity contribution in [3.05, 3.63) is 65.7 Å². The summed E-state index contributed by atoms with van der Waals surface area (Å²) in [6.07, 6.45) is 1.09. The Morgan fingerprint density at radius 2 is 1.58 bits per heavy atom. The van der Waals surface area contributed by atoms with E-state index in [1.165, 1.54) is 0 Å². The number of hydrogen-bond donors (Lipinski definition) is 2. The number of hydrogen-bond acceptors (Lipinski definition) is 4. The number of carbonyl (C=O) groups excluding carboxylic acids is 1. The van der Waals surface area contributed by atoms with E-state index in [0.717, 1.165) is 16.8 Å². The largest absolute Gasteiger partial charge is 0.381 e. The van der Waals surface area contributed by atoms with E-state index in [4.69, 9.17) is 15.2 Å². The fourth-order valence-electron chi connectivity index (χ4n) is 2.76. The summed E-state index contributed by atoms with van der Waals surface area (Å²) in [5, 5.41) is 2.90. The summed E-state index contributed by atoms with van der Waals surface area (Å²) in [6, 6.07) is 17.7. The van der Waals surface area contributed by atoms with E-state index in [9.17, 15) is 4.79 Å². The minimum Gasteiger partial charge on any atom is -0.381 e. The van der Waals surface area contributed by atoms with Crippen molar-refractivity contribution in [3.8, 4) is 0 Å². The third-order valence-electron chi connectivity index (χ3n) is 4.43. The number of benzene rings is 2. The molecule has 0 saturated carbocycles. The highest BCUT2D eigenvalue weighted by Crippen LogP contribution is 2.20. The first kappa shape index (κ1) is 20.4. The summed E-state index contributed by atoms with van der Waals surface area (Å²) in [5.41, 5.74) is 8.30. The van der Waals surface area contributed by atoms with Gasteiger partial charge in [0.05, 0.1) is 13.2 Å². The van der Waals surface area contributed by atoms with E-state index in [1.54, 1.807) is 0 Å². The van der Waals surface area contributed by atoms with Crippen molar-refractivity contribution in [2.24, 2.45) is 5.73 Å². The molecule has 0 bridgehead atoms. The van der Waals surface area contributed by atoms with E-state index in [1.807, 2.05) is 54.6 Å². The molecule has 1 fully saturated rings. The normalized spacial score (nSPS) is 15.7. The van der Waals surface area contributed by atoms with E-state index in [2.05, 4.69) is 5.32 Å². The monoisotopic (exact) mass is 376 g/mol. The summed E-state index contributed by atoms with van der Waals surface area (Å²) in [7, 11) is 0. The van der Waals surface area contributed by atoms with Gasteiger partial charge < -0.3 is 20.5 Å². The maximum Gasteiger partial charge on any atom is 0.244 e. The Morgan fingerprint density at radius 3 is 2.19 bits per heavy atom. The third kappa shape index (κ3) is 5.54. The van der Waals surface area contributed by atoms with Crippen LogP contribution in [0.3, 0.4) is 0 Å². The number of nitrogens with one attached hydrogen (secondary N) is 1. The molecule has 1 aliphatic rings. The summed E-state index contributed by atoms with van der Waals surface area (Å²) in [6.45, 7) is 2.17. The first-order chi connectivity index (χ1) is 12.2. The Labute approximate surface area is 160 Å². The van der Waals surface area contributed by atoms with Crippen LogP contribution in [0.1, 0.15) is 24.0 Å². The Bertz CT molecular complexity index is 686. The van der Waals surface area contributed by atoms with Crippen molar-refractivity contribution in [2.45, 2.75) is 31.6 Å². The number of carbonyl (C=O) groups is 1. The van der Waals surface area contributed by atoms with Crippen LogP contribution in [-0.2, 0) is 27.5 Å². The van der Waals surface area contributed by atoms with Crippen LogP contribution in [0.2, 0.25) is 0 Å². The Hall–Kier alpha value is -1.92. The molecule has 0 atom stereocenters. The molecule has 0 unspecified atom stereocenters. The summed E-state index contributed by atoms with van der Waals surface area (Å²) in [4.78, 5) is 12.4. The first-order valence-electron chi connectivity index (χ1n) is 8.54. The number of anilines is 1. The molecule has 26 heavy (non-hydrogen) atoms. The second-order valence-corrected chi connectivity index (χ2v) is 6.40. The van der Waals surface area contributed by atoms with Gasteiger partial charge in [-0.3, -0.25) is 4.79 Å². The minimum absolute atomic E-state index is 0. The highest BCUT2D eigenvalue weighted by atomic mass is 35.5. The number of amides is 1. The molecule has 1 saturated heterocycles. The van der Waals surface area contributed by atoms with Crippen LogP contribution in [0.4, 0.5) is 5.69 Å². The molecular weight excluding hydrogens is 352 g/mol. The van der Waals surface area contributed by atoms with Crippen molar-refractivity contribution in [2.75, 3.05) is 18.5 Å². The predicted molar refractivity (Wildman–Crippen MR) is 104 cm³/mol. The van der Waals surface area contributed by atoms with E-state index in [-0.39, 0.29) is 18.3 Å². The second-order valence-electron chi connectivity index (χ2n) is 6.40. The van der Waals surface area contributed by atoms with Crippen LogP contribution in [-0.4, -0.2) is 24.7 Å². The quantitative estimate of drug-likeness (QED) is 0.811. The minimum atomic E-state index is -0.838. The predicted octanol–water partition coefficient (Wildman–Crippen LogP) is 3.27. The van der Waals surface area contributed by atoms with Gasteiger partial charge in [0.15, 0.2) is 0 Å². The average molecular weight is 377 g/mol. The maximum atomic E-state index is 12.4. The SMILES string of the molecule is Cl.NC1(C(=O)Nc2ccc(COCc3ccccc3)cc2)CCOCC1. The fourth-order valence-corrected chi connectivity index (χ4v) is 2.76. The topological polar surface area (TPSA) is 73.6 Å². The van der Waals surface area contributed by atoms with Gasteiger partial charge in [-0.1, -0.05) is 42.5 Å². The molecule has 0 aliphatic carbocycles. The lowest BCUT2D eigenvalue weighted by Gasteiger charge is -2.31. The number of halogens is 1. The van der Waals surface area contributed by atoms with Gasteiger partial charge in [-0.25, -0.2) is 0 Å². The van der Waals surface area contributed by atoms with Crippen molar-refractivity contribution in [1.82, 2.24) is 0 Å². The van der Waals surface area contributed by atoms with Crippen LogP contribution >= 0.6 is 12.4 Å². The molecule has 0 spiro atoms. The highest BCUT2D eigenvalue weighted by Gasteiger charge is 2.35.